The molecule has 0 fully saturated rings. The van der Waals surface area contributed by atoms with Crippen LogP contribution in [-0.2, 0) is 32.5 Å². The number of quaternary nitrogens is 1. The van der Waals surface area contributed by atoms with Crippen molar-refractivity contribution in [2.45, 2.75) is 67.1 Å². The maximum absolute atomic E-state index is 13.1. The van der Waals surface area contributed by atoms with Crippen LogP contribution >= 0.6 is 0 Å². The molecule has 7 rings (SSSR count). The fourth-order valence-corrected chi connectivity index (χ4v) is 7.91. The summed E-state index contributed by atoms with van der Waals surface area (Å²) in [5.74, 6) is 0.695. The summed E-state index contributed by atoms with van der Waals surface area (Å²) < 4.78 is 0.860. The predicted octanol–water partition coefficient (Wildman–Crippen LogP) is 11.5. The number of benzene rings is 7. The van der Waals surface area contributed by atoms with Crippen LogP contribution in [0.2, 0.25) is 0 Å². The van der Waals surface area contributed by atoms with Crippen molar-refractivity contribution in [3.05, 3.63) is 224 Å². The number of phenolic OH excluding ortho intramolecular Hbond substituents is 2. The number of aryl methyl sites for hydroxylation is 5. The summed E-state index contributed by atoms with van der Waals surface area (Å²) in [7, 11) is 0. The summed E-state index contributed by atoms with van der Waals surface area (Å²) >= 11 is 0. The first-order valence-electron chi connectivity index (χ1n) is 19.4. The molecule has 0 amide bonds. The molecule has 4 nitrogen and oxygen atoms in total. The van der Waals surface area contributed by atoms with Crippen LogP contribution in [0.4, 0.5) is 5.69 Å². The highest BCUT2D eigenvalue weighted by Gasteiger charge is 2.31. The quantitative estimate of drug-likeness (QED) is 0.130. The molecule has 0 saturated carbocycles. The SMILES string of the molecule is Cc1cc(Cc2cc(C)c(O)c(C)c2)c([O-])c(Cc2cc(C)c(O)c(C)c2)c1.c1ccc(C[N+](Cc2ccccc2)(Cc2ccccc2)c2ccccc2)cc1. The molecule has 0 radical (unpaired) electrons. The van der Waals surface area contributed by atoms with Gasteiger partial charge in [0.1, 0.15) is 36.8 Å². The first-order chi connectivity index (χ1) is 27.0. The number of hydrogen-bond donors (Lipinski definition) is 2. The lowest BCUT2D eigenvalue weighted by Gasteiger charge is -2.39. The van der Waals surface area contributed by atoms with E-state index < -0.39 is 0 Å². The molecular formula is C52H53NO3. The van der Waals surface area contributed by atoms with Crippen molar-refractivity contribution in [1.29, 1.82) is 0 Å². The van der Waals surface area contributed by atoms with Gasteiger partial charge in [0, 0.05) is 16.7 Å². The van der Waals surface area contributed by atoms with Gasteiger partial charge in [-0.15, -0.1) is 5.75 Å². The highest BCUT2D eigenvalue weighted by atomic mass is 16.3. The van der Waals surface area contributed by atoms with Crippen molar-refractivity contribution in [2.75, 3.05) is 0 Å². The van der Waals surface area contributed by atoms with Gasteiger partial charge in [-0.05, 0) is 93.0 Å². The average molecular weight is 740 g/mol. The summed E-state index contributed by atoms with van der Waals surface area (Å²) in [6.45, 7) is 12.4. The lowest BCUT2D eigenvalue weighted by Crippen LogP contribution is -2.47. The van der Waals surface area contributed by atoms with E-state index in [1.807, 2.05) is 71.0 Å². The van der Waals surface area contributed by atoms with Crippen molar-refractivity contribution >= 4 is 5.69 Å². The van der Waals surface area contributed by atoms with Crippen molar-refractivity contribution in [3.63, 3.8) is 0 Å². The summed E-state index contributed by atoms with van der Waals surface area (Å²) in [5.41, 5.74) is 13.4. The van der Waals surface area contributed by atoms with E-state index >= 15 is 0 Å². The fourth-order valence-electron chi connectivity index (χ4n) is 7.91. The van der Waals surface area contributed by atoms with E-state index in [0.29, 0.717) is 24.3 Å². The molecule has 284 valence electrons. The Labute approximate surface area is 333 Å². The number of para-hydroxylation sites is 1. The molecular weight excluding hydrogens is 687 g/mol. The molecule has 0 aliphatic rings. The summed E-state index contributed by atoms with van der Waals surface area (Å²) in [6.07, 6.45) is 1.09. The Bertz CT molecular complexity index is 2130. The number of hydrogen-bond acceptors (Lipinski definition) is 3. The monoisotopic (exact) mass is 739 g/mol. The van der Waals surface area contributed by atoms with Gasteiger partial charge in [0.05, 0.1) is 0 Å². The third-order valence-electron chi connectivity index (χ3n) is 10.6. The zero-order valence-corrected chi connectivity index (χ0v) is 33.3. The van der Waals surface area contributed by atoms with Crippen LogP contribution in [0.3, 0.4) is 0 Å². The molecule has 0 unspecified atom stereocenters. The van der Waals surface area contributed by atoms with E-state index in [1.54, 1.807) is 0 Å². The summed E-state index contributed by atoms with van der Waals surface area (Å²) in [4.78, 5) is 0. The molecule has 0 bridgehead atoms. The van der Waals surface area contributed by atoms with E-state index in [0.717, 1.165) is 74.2 Å². The number of nitrogens with zero attached hydrogens (tertiary/aromatic N) is 1. The van der Waals surface area contributed by atoms with Gasteiger partial charge < -0.3 is 15.3 Å². The molecule has 7 aromatic rings. The topological polar surface area (TPSA) is 63.5 Å². The van der Waals surface area contributed by atoms with E-state index in [4.69, 9.17) is 0 Å². The van der Waals surface area contributed by atoms with Crippen LogP contribution in [0.15, 0.2) is 158 Å². The van der Waals surface area contributed by atoms with Gasteiger partial charge in [0.2, 0.25) is 0 Å². The number of phenols is 2. The van der Waals surface area contributed by atoms with Gasteiger partial charge in [0.25, 0.3) is 0 Å². The van der Waals surface area contributed by atoms with Gasteiger partial charge in [-0.2, -0.15) is 0 Å². The van der Waals surface area contributed by atoms with Gasteiger partial charge in [-0.3, -0.25) is 4.48 Å². The largest absolute Gasteiger partial charge is 0.872 e. The average Bonchev–Trinajstić information content (AvgIpc) is 3.19. The second-order valence-corrected chi connectivity index (χ2v) is 15.3. The molecule has 0 spiro atoms. The van der Waals surface area contributed by atoms with Crippen LogP contribution in [0.1, 0.15) is 66.8 Å². The van der Waals surface area contributed by atoms with Crippen LogP contribution in [-0.4, -0.2) is 10.2 Å². The van der Waals surface area contributed by atoms with E-state index in [2.05, 4.69) is 121 Å². The van der Waals surface area contributed by atoms with E-state index in [9.17, 15) is 15.3 Å². The lowest BCUT2D eigenvalue weighted by atomic mass is 9.93. The highest BCUT2D eigenvalue weighted by Crippen LogP contribution is 2.33. The molecule has 0 heterocycles. The van der Waals surface area contributed by atoms with Gasteiger partial charge >= 0.3 is 0 Å². The van der Waals surface area contributed by atoms with Gasteiger partial charge in [0.15, 0.2) is 0 Å². The summed E-state index contributed by atoms with van der Waals surface area (Å²) in [5, 5.41) is 33.1. The minimum atomic E-state index is 0.0670. The highest BCUT2D eigenvalue weighted by molar-refractivity contribution is 5.51. The van der Waals surface area contributed by atoms with Crippen molar-refractivity contribution < 1.29 is 15.3 Å². The Hall–Kier alpha value is -6.10. The Morgan fingerprint density at radius 2 is 0.714 bits per heavy atom. The Morgan fingerprint density at radius 3 is 1.04 bits per heavy atom. The molecule has 0 atom stereocenters. The standard InChI is InChI=1S/C27H26N.C25H28O3/c1-5-13-24(14-6-1)21-28(27-19-11-4-12-20-27,22-25-15-7-2-8-16-25)23-26-17-9-3-10-18-26;1-14-6-21(12-19-8-15(2)23(26)16(3)9-19)25(28)22(7-14)13-20-10-17(4)24(27)18(5)11-20/h1-20H,21-23H2;6-11,26-28H,12-13H2,1-5H3/q+1;/p-1. The first kappa shape index (κ1) is 39.6. The molecule has 4 heteroatoms. The molecule has 2 N–H and O–H groups in total. The Kier molecular flexibility index (Phi) is 12.7. The Balaban J connectivity index is 0.000000190. The molecule has 0 aromatic heterocycles. The first-order valence-corrected chi connectivity index (χ1v) is 19.4. The third-order valence-corrected chi connectivity index (χ3v) is 10.6. The summed E-state index contributed by atoms with van der Waals surface area (Å²) in [6, 6.07) is 55.2. The maximum atomic E-state index is 13.1. The van der Waals surface area contributed by atoms with Crippen molar-refractivity contribution in [2.24, 2.45) is 0 Å². The minimum Gasteiger partial charge on any atom is -0.872 e. The molecule has 7 aromatic carbocycles. The van der Waals surface area contributed by atoms with Crippen LogP contribution in [0.5, 0.6) is 17.2 Å². The second kappa shape index (κ2) is 18.0. The predicted molar refractivity (Wildman–Crippen MR) is 230 cm³/mol. The molecule has 0 aliphatic carbocycles. The molecule has 0 aliphatic heterocycles. The second-order valence-electron chi connectivity index (χ2n) is 15.3. The maximum Gasteiger partial charge on any atom is 0.133 e. The smallest absolute Gasteiger partial charge is 0.133 e. The van der Waals surface area contributed by atoms with Gasteiger partial charge in [-0.25, -0.2) is 0 Å². The number of rotatable bonds is 11. The Morgan fingerprint density at radius 1 is 0.411 bits per heavy atom. The van der Waals surface area contributed by atoms with Gasteiger partial charge in [-0.1, -0.05) is 162 Å². The van der Waals surface area contributed by atoms with Crippen LogP contribution < -0.4 is 9.59 Å². The van der Waals surface area contributed by atoms with E-state index in [1.165, 1.54) is 22.4 Å². The van der Waals surface area contributed by atoms with Crippen LogP contribution in [0, 0.1) is 34.6 Å². The number of aromatic hydroxyl groups is 2. The molecule has 56 heavy (non-hydrogen) atoms. The fraction of sp³-hybridized carbons (Fsp3) is 0.192. The van der Waals surface area contributed by atoms with Crippen LogP contribution in [0.25, 0.3) is 0 Å². The van der Waals surface area contributed by atoms with Crippen molar-refractivity contribution in [1.82, 2.24) is 4.48 Å². The lowest BCUT2D eigenvalue weighted by molar-refractivity contribution is -0.270. The zero-order valence-electron chi connectivity index (χ0n) is 33.3. The van der Waals surface area contributed by atoms with E-state index in [-0.39, 0.29) is 5.75 Å². The third kappa shape index (κ3) is 9.95. The minimum absolute atomic E-state index is 0.0670. The van der Waals surface area contributed by atoms with Crippen molar-refractivity contribution in [3.8, 4) is 17.2 Å². The molecule has 0 saturated heterocycles. The zero-order chi connectivity index (χ0) is 39.7. The normalized spacial score (nSPS) is 11.2.